The summed E-state index contributed by atoms with van der Waals surface area (Å²) in [5, 5.41) is 2.52. The van der Waals surface area contributed by atoms with E-state index in [1.54, 1.807) is 12.1 Å². The predicted molar refractivity (Wildman–Crippen MR) is 78.7 cm³/mol. The third kappa shape index (κ3) is 3.04. The van der Waals surface area contributed by atoms with Crippen LogP contribution in [-0.2, 0) is 0 Å². The summed E-state index contributed by atoms with van der Waals surface area (Å²) in [7, 11) is 0. The molecule has 3 nitrogen and oxygen atoms in total. The molecule has 2 aromatic rings. The summed E-state index contributed by atoms with van der Waals surface area (Å²) in [6.07, 6.45) is 1.03. The zero-order valence-corrected chi connectivity index (χ0v) is 13.3. The highest BCUT2D eigenvalue weighted by Crippen LogP contribution is 2.32. The molecule has 0 bridgehead atoms. The average molecular weight is 406 g/mol. The summed E-state index contributed by atoms with van der Waals surface area (Å²) in [5.41, 5.74) is 1.01. The molecule has 0 radical (unpaired) electrons. The fourth-order valence-electron chi connectivity index (χ4n) is 1.59. The third-order valence-electron chi connectivity index (χ3n) is 2.52. The molecule has 0 fully saturated rings. The molecule has 1 N–H and O–H groups in total. The number of anilines is 1. The minimum absolute atomic E-state index is 0.406. The number of carbonyl (C=O) groups excluding carboxylic acids is 1. The van der Waals surface area contributed by atoms with Crippen molar-refractivity contribution in [2.24, 2.45) is 0 Å². The Kier molecular flexibility index (Phi) is 4.49. The Morgan fingerprint density at radius 3 is 2.45 bits per heavy atom. The zero-order chi connectivity index (χ0) is 14.9. The van der Waals surface area contributed by atoms with E-state index < -0.39 is 23.2 Å². The molecular weight excluding hydrogens is 398 g/mol. The highest BCUT2D eigenvalue weighted by molar-refractivity contribution is 9.11. The monoisotopic (exact) mass is 404 g/mol. The lowest BCUT2D eigenvalue weighted by Gasteiger charge is -2.11. The van der Waals surface area contributed by atoms with Crippen molar-refractivity contribution in [1.82, 2.24) is 4.98 Å². The maximum atomic E-state index is 13.5. The summed E-state index contributed by atoms with van der Waals surface area (Å²) in [4.78, 5) is 15.1. The molecule has 104 valence electrons. The fraction of sp³-hybridized carbons (Fsp3) is 0.0769. The maximum absolute atomic E-state index is 13.5. The molecule has 0 atom stereocenters. The largest absolute Gasteiger partial charge is 0.320 e. The SMILES string of the molecule is Cc1cc(Br)c(NC(=O)c2ccnc(F)c2F)c(Br)c1. The van der Waals surface area contributed by atoms with Gasteiger partial charge in [0.15, 0.2) is 5.82 Å². The van der Waals surface area contributed by atoms with E-state index in [0.717, 1.165) is 17.8 Å². The van der Waals surface area contributed by atoms with Crippen molar-refractivity contribution >= 4 is 43.5 Å². The van der Waals surface area contributed by atoms with Gasteiger partial charge in [-0.05, 0) is 62.5 Å². The van der Waals surface area contributed by atoms with Crippen LogP contribution in [0, 0.1) is 18.7 Å². The molecule has 1 aromatic carbocycles. The van der Waals surface area contributed by atoms with Crippen molar-refractivity contribution < 1.29 is 13.6 Å². The predicted octanol–water partition coefficient (Wildman–Crippen LogP) is 4.45. The van der Waals surface area contributed by atoms with E-state index in [0.29, 0.717) is 14.6 Å². The number of nitrogens with zero attached hydrogens (tertiary/aromatic N) is 1. The van der Waals surface area contributed by atoms with Crippen LogP contribution in [0.4, 0.5) is 14.5 Å². The van der Waals surface area contributed by atoms with Gasteiger partial charge in [-0.3, -0.25) is 4.79 Å². The molecule has 0 aliphatic carbocycles. The number of aryl methyl sites for hydroxylation is 1. The second-order valence-electron chi connectivity index (χ2n) is 4.02. The minimum Gasteiger partial charge on any atom is -0.320 e. The van der Waals surface area contributed by atoms with Crippen molar-refractivity contribution in [3.63, 3.8) is 0 Å². The fourth-order valence-corrected chi connectivity index (χ4v) is 3.21. The number of aromatic nitrogens is 1. The molecule has 0 saturated heterocycles. The van der Waals surface area contributed by atoms with Crippen LogP contribution in [-0.4, -0.2) is 10.9 Å². The third-order valence-corrected chi connectivity index (χ3v) is 3.77. The van der Waals surface area contributed by atoms with E-state index in [1.165, 1.54) is 0 Å². The van der Waals surface area contributed by atoms with Crippen molar-refractivity contribution in [3.05, 3.63) is 56.2 Å². The summed E-state index contributed by atoms with van der Waals surface area (Å²) in [5.74, 6) is -3.34. The van der Waals surface area contributed by atoms with Gasteiger partial charge in [0.25, 0.3) is 5.91 Å². The molecule has 1 aromatic heterocycles. The summed E-state index contributed by atoms with van der Waals surface area (Å²) in [6.45, 7) is 1.89. The van der Waals surface area contributed by atoms with Gasteiger partial charge in [-0.15, -0.1) is 0 Å². The first-order valence-electron chi connectivity index (χ1n) is 5.47. The van der Waals surface area contributed by atoms with E-state index in [2.05, 4.69) is 42.2 Å². The first kappa shape index (κ1) is 15.1. The number of halogens is 4. The Morgan fingerprint density at radius 2 is 1.85 bits per heavy atom. The summed E-state index contributed by atoms with van der Waals surface area (Å²) >= 11 is 6.61. The number of carbonyl (C=O) groups is 1. The van der Waals surface area contributed by atoms with Gasteiger partial charge in [-0.1, -0.05) is 0 Å². The number of hydrogen-bond donors (Lipinski definition) is 1. The highest BCUT2D eigenvalue weighted by Gasteiger charge is 2.18. The molecule has 0 spiro atoms. The number of nitrogens with one attached hydrogen (secondary N) is 1. The summed E-state index contributed by atoms with van der Waals surface area (Å²) < 4.78 is 27.8. The van der Waals surface area contributed by atoms with Crippen molar-refractivity contribution in [2.45, 2.75) is 6.92 Å². The maximum Gasteiger partial charge on any atom is 0.258 e. The van der Waals surface area contributed by atoms with Gasteiger partial charge < -0.3 is 5.32 Å². The van der Waals surface area contributed by atoms with Crippen LogP contribution in [0.15, 0.2) is 33.3 Å². The molecule has 0 aliphatic rings. The molecule has 0 unspecified atom stereocenters. The lowest BCUT2D eigenvalue weighted by atomic mass is 10.2. The van der Waals surface area contributed by atoms with Crippen LogP contribution in [0.2, 0.25) is 0 Å². The van der Waals surface area contributed by atoms with Crippen LogP contribution < -0.4 is 5.32 Å². The van der Waals surface area contributed by atoms with Crippen molar-refractivity contribution in [2.75, 3.05) is 5.32 Å². The first-order chi connectivity index (χ1) is 9.40. The quantitative estimate of drug-likeness (QED) is 0.750. The Labute approximate surface area is 130 Å². The topological polar surface area (TPSA) is 42.0 Å². The number of pyridine rings is 1. The second kappa shape index (κ2) is 5.97. The van der Waals surface area contributed by atoms with Gasteiger partial charge >= 0.3 is 0 Å². The summed E-state index contributed by atoms with van der Waals surface area (Å²) in [6, 6.07) is 4.71. The molecule has 0 aliphatic heterocycles. The lowest BCUT2D eigenvalue weighted by Crippen LogP contribution is -2.15. The van der Waals surface area contributed by atoms with E-state index >= 15 is 0 Å². The second-order valence-corrected chi connectivity index (χ2v) is 5.73. The molecular formula is C13H8Br2F2N2O. The van der Waals surface area contributed by atoms with Crippen LogP contribution in [0.5, 0.6) is 0 Å². The van der Waals surface area contributed by atoms with Gasteiger partial charge in [-0.2, -0.15) is 4.39 Å². The number of hydrogen-bond acceptors (Lipinski definition) is 2. The van der Waals surface area contributed by atoms with Gasteiger partial charge in [0, 0.05) is 15.1 Å². The van der Waals surface area contributed by atoms with Crippen LogP contribution >= 0.6 is 31.9 Å². The zero-order valence-electron chi connectivity index (χ0n) is 10.2. The average Bonchev–Trinajstić information content (AvgIpc) is 2.36. The van der Waals surface area contributed by atoms with Crippen LogP contribution in [0.25, 0.3) is 0 Å². The normalized spacial score (nSPS) is 10.4. The molecule has 7 heteroatoms. The molecule has 0 saturated carbocycles. The highest BCUT2D eigenvalue weighted by atomic mass is 79.9. The Balaban J connectivity index is 2.36. The smallest absolute Gasteiger partial charge is 0.258 e. The Bertz CT molecular complexity index is 669. The van der Waals surface area contributed by atoms with E-state index in [1.807, 2.05) is 6.92 Å². The Morgan fingerprint density at radius 1 is 1.25 bits per heavy atom. The van der Waals surface area contributed by atoms with Crippen molar-refractivity contribution in [1.29, 1.82) is 0 Å². The van der Waals surface area contributed by atoms with E-state index in [-0.39, 0.29) is 0 Å². The van der Waals surface area contributed by atoms with Crippen molar-refractivity contribution in [3.8, 4) is 0 Å². The van der Waals surface area contributed by atoms with Crippen LogP contribution in [0.3, 0.4) is 0 Å². The van der Waals surface area contributed by atoms with Gasteiger partial charge in [0.2, 0.25) is 5.95 Å². The standard InChI is InChI=1S/C13H8Br2F2N2O/c1-6-4-8(14)11(9(15)5-6)19-13(20)7-2-3-18-12(17)10(7)16/h2-5H,1H3,(H,19,20). The molecule has 1 heterocycles. The molecule has 1 amide bonds. The number of rotatable bonds is 2. The minimum atomic E-state index is -1.31. The van der Waals surface area contributed by atoms with Gasteiger partial charge in [-0.25, -0.2) is 9.37 Å². The van der Waals surface area contributed by atoms with E-state index in [9.17, 15) is 13.6 Å². The van der Waals surface area contributed by atoms with Gasteiger partial charge in [0.05, 0.1) is 11.3 Å². The number of amides is 1. The van der Waals surface area contributed by atoms with Gasteiger partial charge in [0.1, 0.15) is 0 Å². The van der Waals surface area contributed by atoms with E-state index in [4.69, 9.17) is 0 Å². The molecule has 2 rings (SSSR count). The number of benzene rings is 1. The lowest BCUT2D eigenvalue weighted by molar-refractivity contribution is 0.102. The Hall–Kier alpha value is -1.34. The molecule has 20 heavy (non-hydrogen) atoms. The van der Waals surface area contributed by atoms with Crippen LogP contribution in [0.1, 0.15) is 15.9 Å². The first-order valence-corrected chi connectivity index (χ1v) is 7.05.